The monoisotopic (exact) mass is 323 g/mol. The number of aromatic nitrogens is 1. The summed E-state index contributed by atoms with van der Waals surface area (Å²) in [6.07, 6.45) is 4.84. The van der Waals surface area contributed by atoms with E-state index in [1.165, 1.54) is 12.0 Å². The van der Waals surface area contributed by atoms with Crippen molar-refractivity contribution in [2.45, 2.75) is 19.3 Å². The van der Waals surface area contributed by atoms with E-state index in [4.69, 9.17) is 0 Å². The second kappa shape index (κ2) is 8.06. The Labute approximate surface area is 143 Å². The van der Waals surface area contributed by atoms with Gasteiger partial charge in [0.2, 0.25) is 0 Å². The van der Waals surface area contributed by atoms with E-state index in [9.17, 15) is 4.79 Å². The fourth-order valence-electron chi connectivity index (χ4n) is 3.20. The quantitative estimate of drug-likeness (QED) is 0.888. The van der Waals surface area contributed by atoms with Crippen LogP contribution in [0.15, 0.2) is 48.7 Å². The Bertz CT molecular complexity index is 666. The van der Waals surface area contributed by atoms with Crippen molar-refractivity contribution in [3.05, 3.63) is 65.5 Å². The molecular formula is C20H25N3O. The van der Waals surface area contributed by atoms with Crippen LogP contribution in [0.3, 0.4) is 0 Å². The minimum atomic E-state index is 0.0809. The third kappa shape index (κ3) is 4.42. The molecule has 2 aromatic rings. The van der Waals surface area contributed by atoms with Crippen molar-refractivity contribution in [3.8, 4) is 0 Å². The molecule has 4 nitrogen and oxygen atoms in total. The molecule has 1 N–H and O–H groups in total. The molecule has 1 aromatic heterocycles. The molecule has 24 heavy (non-hydrogen) atoms. The molecule has 1 fully saturated rings. The van der Waals surface area contributed by atoms with Crippen LogP contribution in [0.2, 0.25) is 0 Å². The van der Waals surface area contributed by atoms with Gasteiger partial charge in [-0.2, -0.15) is 0 Å². The molecule has 1 amide bonds. The molecule has 0 spiro atoms. The molecule has 1 saturated heterocycles. The van der Waals surface area contributed by atoms with Gasteiger partial charge in [-0.05, 0) is 61.7 Å². The highest BCUT2D eigenvalue weighted by atomic mass is 16.2. The number of nitrogens with one attached hydrogen (secondary N) is 1. The summed E-state index contributed by atoms with van der Waals surface area (Å²) in [4.78, 5) is 18.7. The smallest absolute Gasteiger partial charge is 0.253 e. The summed E-state index contributed by atoms with van der Waals surface area (Å²) in [7, 11) is 1.86. The van der Waals surface area contributed by atoms with Crippen molar-refractivity contribution in [2.75, 3.05) is 26.7 Å². The highest BCUT2D eigenvalue weighted by Crippen LogP contribution is 2.17. The number of rotatable bonds is 6. The highest BCUT2D eigenvalue weighted by Gasteiger charge is 2.16. The predicted molar refractivity (Wildman–Crippen MR) is 96.0 cm³/mol. The van der Waals surface area contributed by atoms with Gasteiger partial charge in [-0.1, -0.05) is 18.2 Å². The summed E-state index contributed by atoms with van der Waals surface area (Å²) in [5.41, 5.74) is 3.05. The number of pyridine rings is 1. The molecule has 1 aliphatic heterocycles. The fourth-order valence-corrected chi connectivity index (χ4v) is 3.20. The number of hydrogen-bond acceptors (Lipinski definition) is 3. The maximum atomic E-state index is 12.6. The van der Waals surface area contributed by atoms with Crippen LogP contribution in [0, 0.1) is 5.92 Å². The molecule has 0 bridgehead atoms. The topological polar surface area (TPSA) is 45.2 Å². The normalized spacial score (nSPS) is 17.0. The van der Waals surface area contributed by atoms with Crippen molar-refractivity contribution < 1.29 is 4.79 Å². The Kier molecular flexibility index (Phi) is 5.59. The van der Waals surface area contributed by atoms with Gasteiger partial charge < -0.3 is 10.2 Å². The minimum Gasteiger partial charge on any atom is -0.341 e. The maximum absolute atomic E-state index is 12.6. The number of carbonyl (C=O) groups is 1. The number of amides is 1. The molecule has 0 aliphatic carbocycles. The average Bonchev–Trinajstić information content (AvgIpc) is 3.13. The Morgan fingerprint density at radius 1 is 1.29 bits per heavy atom. The Morgan fingerprint density at radius 2 is 2.21 bits per heavy atom. The Hall–Kier alpha value is -2.20. The van der Waals surface area contributed by atoms with E-state index in [2.05, 4.69) is 22.4 Å². The van der Waals surface area contributed by atoms with Gasteiger partial charge in [0.1, 0.15) is 0 Å². The third-order valence-electron chi connectivity index (χ3n) is 4.64. The van der Waals surface area contributed by atoms with E-state index in [1.807, 2.05) is 37.4 Å². The molecule has 0 radical (unpaired) electrons. The van der Waals surface area contributed by atoms with E-state index in [0.29, 0.717) is 12.5 Å². The van der Waals surface area contributed by atoms with Gasteiger partial charge in [0.25, 0.3) is 5.91 Å². The zero-order chi connectivity index (χ0) is 16.8. The number of hydrogen-bond donors (Lipinski definition) is 1. The Balaban J connectivity index is 1.59. The van der Waals surface area contributed by atoms with Crippen molar-refractivity contribution in [3.63, 3.8) is 0 Å². The van der Waals surface area contributed by atoms with Gasteiger partial charge in [0, 0.05) is 37.5 Å². The zero-order valence-corrected chi connectivity index (χ0v) is 14.2. The van der Waals surface area contributed by atoms with E-state index in [0.717, 1.165) is 37.2 Å². The first-order valence-corrected chi connectivity index (χ1v) is 8.67. The lowest BCUT2D eigenvalue weighted by molar-refractivity contribution is 0.0796. The van der Waals surface area contributed by atoms with E-state index < -0.39 is 0 Å². The average molecular weight is 323 g/mol. The first-order valence-electron chi connectivity index (χ1n) is 8.67. The number of benzene rings is 1. The summed E-state index contributed by atoms with van der Waals surface area (Å²) in [5.74, 6) is 0.773. The molecule has 1 aromatic carbocycles. The molecule has 1 aliphatic rings. The van der Waals surface area contributed by atoms with E-state index >= 15 is 0 Å². The molecule has 1 unspecified atom stereocenters. The lowest BCUT2D eigenvalue weighted by Gasteiger charge is -2.18. The third-order valence-corrected chi connectivity index (χ3v) is 4.64. The molecule has 3 rings (SSSR count). The highest BCUT2D eigenvalue weighted by molar-refractivity contribution is 5.94. The van der Waals surface area contributed by atoms with Gasteiger partial charge in [-0.25, -0.2) is 0 Å². The second-order valence-corrected chi connectivity index (χ2v) is 6.56. The molecule has 1 atom stereocenters. The lowest BCUT2D eigenvalue weighted by atomic mass is 9.97. The molecule has 126 valence electrons. The number of carbonyl (C=O) groups excluding carboxylic acids is 1. The standard InChI is InChI=1S/C20H25N3O/c1-23(12-9-19-7-2-3-10-22-19)20(24)18-6-4-5-16(14-18)13-17-8-11-21-15-17/h2-7,10,14,17,21H,8-9,11-13,15H2,1H3. The summed E-state index contributed by atoms with van der Waals surface area (Å²) in [6.45, 7) is 2.87. The minimum absolute atomic E-state index is 0.0809. The molecule has 2 heterocycles. The van der Waals surface area contributed by atoms with Crippen molar-refractivity contribution in [1.29, 1.82) is 0 Å². The first kappa shape index (κ1) is 16.7. The van der Waals surface area contributed by atoms with Crippen LogP contribution in [-0.4, -0.2) is 42.5 Å². The van der Waals surface area contributed by atoms with Crippen LogP contribution in [0.1, 0.15) is 28.0 Å². The van der Waals surface area contributed by atoms with E-state index in [-0.39, 0.29) is 5.91 Å². The SMILES string of the molecule is CN(CCc1ccccn1)C(=O)c1cccc(CC2CCNC2)c1. The Morgan fingerprint density at radius 3 is 2.96 bits per heavy atom. The lowest BCUT2D eigenvalue weighted by Crippen LogP contribution is -2.29. The van der Waals surface area contributed by atoms with Crippen LogP contribution in [0.25, 0.3) is 0 Å². The van der Waals surface area contributed by atoms with Crippen LogP contribution < -0.4 is 5.32 Å². The van der Waals surface area contributed by atoms with Gasteiger partial charge in [0.05, 0.1) is 0 Å². The largest absolute Gasteiger partial charge is 0.341 e. The molecule has 4 heteroatoms. The molecule has 0 saturated carbocycles. The second-order valence-electron chi connectivity index (χ2n) is 6.56. The van der Waals surface area contributed by atoms with Gasteiger partial charge in [-0.15, -0.1) is 0 Å². The summed E-state index contributed by atoms with van der Waals surface area (Å²) in [6, 6.07) is 14.0. The van der Waals surface area contributed by atoms with Gasteiger partial charge >= 0.3 is 0 Å². The van der Waals surface area contributed by atoms with Crippen LogP contribution in [0.4, 0.5) is 0 Å². The maximum Gasteiger partial charge on any atom is 0.253 e. The molecular weight excluding hydrogens is 298 g/mol. The predicted octanol–water partition coefficient (Wildman–Crippen LogP) is 2.55. The van der Waals surface area contributed by atoms with Gasteiger partial charge in [-0.3, -0.25) is 9.78 Å². The zero-order valence-electron chi connectivity index (χ0n) is 14.2. The summed E-state index contributed by atoms with van der Waals surface area (Å²) < 4.78 is 0. The van der Waals surface area contributed by atoms with Crippen LogP contribution in [-0.2, 0) is 12.8 Å². The number of nitrogens with zero attached hydrogens (tertiary/aromatic N) is 2. The fraction of sp³-hybridized carbons (Fsp3) is 0.400. The first-order chi connectivity index (χ1) is 11.7. The van der Waals surface area contributed by atoms with Crippen molar-refractivity contribution in [1.82, 2.24) is 15.2 Å². The van der Waals surface area contributed by atoms with Crippen molar-refractivity contribution in [2.24, 2.45) is 5.92 Å². The summed E-state index contributed by atoms with van der Waals surface area (Å²) >= 11 is 0. The van der Waals surface area contributed by atoms with Crippen molar-refractivity contribution >= 4 is 5.91 Å². The van der Waals surface area contributed by atoms with Gasteiger partial charge in [0.15, 0.2) is 0 Å². The summed E-state index contributed by atoms with van der Waals surface area (Å²) in [5, 5.41) is 3.40. The van der Waals surface area contributed by atoms with Crippen LogP contribution >= 0.6 is 0 Å². The number of likely N-dealkylation sites (N-methyl/N-ethyl adjacent to an activating group) is 1. The van der Waals surface area contributed by atoms with Crippen LogP contribution in [0.5, 0.6) is 0 Å². The van der Waals surface area contributed by atoms with E-state index in [1.54, 1.807) is 11.1 Å².